The van der Waals surface area contributed by atoms with Gasteiger partial charge in [-0.1, -0.05) is 36.4 Å². The number of hydrogen-bond acceptors (Lipinski definition) is 5. The van der Waals surface area contributed by atoms with Crippen molar-refractivity contribution in [1.82, 2.24) is 14.8 Å². The summed E-state index contributed by atoms with van der Waals surface area (Å²) in [7, 11) is 0. The van der Waals surface area contributed by atoms with E-state index < -0.39 is 0 Å². The number of aromatic nitrogens is 3. The van der Waals surface area contributed by atoms with Crippen LogP contribution in [0.1, 0.15) is 24.1 Å². The Hall–Kier alpha value is -3.28. The van der Waals surface area contributed by atoms with Crippen LogP contribution in [0.25, 0.3) is 5.70 Å². The van der Waals surface area contributed by atoms with Crippen LogP contribution in [0.2, 0.25) is 0 Å². The Morgan fingerprint density at radius 3 is 2.84 bits per heavy atom. The quantitative estimate of drug-likeness (QED) is 0.765. The number of nitrogens with one attached hydrogen (secondary N) is 1. The van der Waals surface area contributed by atoms with Crippen LogP contribution in [0.15, 0.2) is 60.9 Å². The molecule has 1 aliphatic rings. The van der Waals surface area contributed by atoms with Crippen molar-refractivity contribution >= 4 is 11.6 Å². The summed E-state index contributed by atoms with van der Waals surface area (Å²) in [6.45, 7) is 2.38. The predicted octanol–water partition coefficient (Wildman–Crippen LogP) is 3.44. The molecule has 3 aromatic rings. The second-order valence-corrected chi connectivity index (χ2v) is 5.70. The average molecular weight is 334 g/mol. The molecule has 1 aromatic heterocycles. The fourth-order valence-electron chi connectivity index (χ4n) is 2.94. The zero-order valence-electron chi connectivity index (χ0n) is 13.8. The molecule has 1 aliphatic heterocycles. The third-order valence-corrected chi connectivity index (χ3v) is 4.12. The molecule has 0 aliphatic carbocycles. The minimum absolute atomic E-state index is 0.130. The molecule has 0 fully saturated rings. The van der Waals surface area contributed by atoms with Crippen molar-refractivity contribution in [3.05, 3.63) is 72.1 Å². The molecule has 25 heavy (non-hydrogen) atoms. The summed E-state index contributed by atoms with van der Waals surface area (Å²) in [5.74, 6) is 1.28. The molecule has 2 aromatic carbocycles. The second-order valence-electron chi connectivity index (χ2n) is 5.70. The minimum atomic E-state index is -0.145. The summed E-state index contributed by atoms with van der Waals surface area (Å²) < 4.78 is 7.33. The van der Waals surface area contributed by atoms with Gasteiger partial charge in [0.25, 0.3) is 0 Å². The largest absolute Gasteiger partial charge is 0.504 e. The lowest BCUT2D eigenvalue weighted by molar-refractivity contribution is 0.317. The van der Waals surface area contributed by atoms with Gasteiger partial charge in [0, 0.05) is 5.70 Å². The molecule has 0 saturated heterocycles. The number of ether oxygens (including phenoxy) is 1. The van der Waals surface area contributed by atoms with E-state index in [9.17, 15) is 5.11 Å². The number of phenolic OH excluding ortho intramolecular Hbond substituents is 1. The van der Waals surface area contributed by atoms with E-state index in [4.69, 9.17) is 4.74 Å². The minimum Gasteiger partial charge on any atom is -0.504 e. The van der Waals surface area contributed by atoms with Crippen LogP contribution in [0.4, 0.5) is 5.95 Å². The number of nitrogens with zero attached hydrogens (tertiary/aromatic N) is 3. The van der Waals surface area contributed by atoms with E-state index in [1.807, 2.05) is 54.1 Å². The average Bonchev–Trinajstić information content (AvgIpc) is 3.12. The van der Waals surface area contributed by atoms with Crippen LogP contribution in [0.3, 0.4) is 0 Å². The van der Waals surface area contributed by atoms with Gasteiger partial charge in [0.05, 0.1) is 6.61 Å². The van der Waals surface area contributed by atoms with Gasteiger partial charge in [0.1, 0.15) is 12.4 Å². The van der Waals surface area contributed by atoms with E-state index >= 15 is 0 Å². The van der Waals surface area contributed by atoms with Gasteiger partial charge in [-0.3, -0.25) is 0 Å². The van der Waals surface area contributed by atoms with Crippen LogP contribution in [-0.2, 0) is 0 Å². The molecular weight excluding hydrogens is 316 g/mol. The number of hydrogen-bond donors (Lipinski definition) is 2. The Kier molecular flexibility index (Phi) is 3.85. The van der Waals surface area contributed by atoms with Crippen LogP contribution in [-0.4, -0.2) is 26.5 Å². The Morgan fingerprint density at radius 2 is 2.04 bits per heavy atom. The number of aromatic hydroxyl groups is 1. The maximum atomic E-state index is 9.96. The molecule has 2 heterocycles. The van der Waals surface area contributed by atoms with E-state index in [1.54, 1.807) is 6.07 Å². The molecule has 0 saturated carbocycles. The smallest absolute Gasteiger partial charge is 0.226 e. The SMILES string of the molecule is CCOc1cc([C@H]2C=C(c3ccccc3)Nc3ncnn32)ccc1O. The third kappa shape index (κ3) is 2.82. The molecule has 0 spiro atoms. The zero-order valence-corrected chi connectivity index (χ0v) is 13.8. The fourth-order valence-corrected chi connectivity index (χ4v) is 2.94. The molecular formula is C19H18N4O2. The Bertz CT molecular complexity index is 918. The van der Waals surface area contributed by atoms with Crippen LogP contribution >= 0.6 is 0 Å². The maximum absolute atomic E-state index is 9.96. The highest BCUT2D eigenvalue weighted by Gasteiger charge is 2.24. The van der Waals surface area contributed by atoms with E-state index in [-0.39, 0.29) is 11.8 Å². The summed E-state index contributed by atoms with van der Waals surface area (Å²) in [6.07, 6.45) is 3.63. The molecule has 0 amide bonds. The molecule has 0 bridgehead atoms. The molecule has 1 atom stereocenters. The van der Waals surface area contributed by atoms with E-state index in [0.29, 0.717) is 18.3 Å². The predicted molar refractivity (Wildman–Crippen MR) is 95.5 cm³/mol. The molecule has 126 valence electrons. The van der Waals surface area contributed by atoms with Crippen molar-refractivity contribution in [2.45, 2.75) is 13.0 Å². The molecule has 0 radical (unpaired) electrons. The first kappa shape index (κ1) is 15.3. The summed E-state index contributed by atoms with van der Waals surface area (Å²) in [4.78, 5) is 4.30. The molecule has 6 heteroatoms. The summed E-state index contributed by atoms with van der Waals surface area (Å²) in [6, 6.07) is 15.3. The third-order valence-electron chi connectivity index (χ3n) is 4.12. The van der Waals surface area contributed by atoms with Gasteiger partial charge in [-0.2, -0.15) is 10.1 Å². The van der Waals surface area contributed by atoms with Gasteiger partial charge >= 0.3 is 0 Å². The standard InChI is InChI=1S/C19H18N4O2/c1-2-25-18-10-14(8-9-17(18)24)16-11-15(13-6-4-3-5-7-13)22-19-20-12-21-23(16)19/h3-12,16,24H,2H2,1H3,(H,20,21,22)/t16-/m1/s1. The maximum Gasteiger partial charge on any atom is 0.226 e. The fraction of sp³-hybridized carbons (Fsp3) is 0.158. The number of fused-ring (bicyclic) bond motifs is 1. The first-order valence-electron chi connectivity index (χ1n) is 8.15. The molecule has 0 unspecified atom stereocenters. The second kappa shape index (κ2) is 6.32. The van der Waals surface area contributed by atoms with Gasteiger partial charge in [-0.25, -0.2) is 4.68 Å². The highest BCUT2D eigenvalue weighted by atomic mass is 16.5. The highest BCUT2D eigenvalue weighted by Crippen LogP contribution is 2.35. The topological polar surface area (TPSA) is 72.2 Å². The lowest BCUT2D eigenvalue weighted by Gasteiger charge is -2.24. The zero-order chi connectivity index (χ0) is 17.2. The van der Waals surface area contributed by atoms with Gasteiger partial charge in [0.2, 0.25) is 5.95 Å². The van der Waals surface area contributed by atoms with Crippen molar-refractivity contribution < 1.29 is 9.84 Å². The Morgan fingerprint density at radius 1 is 1.20 bits per heavy atom. The summed E-state index contributed by atoms with van der Waals surface area (Å²) in [5.41, 5.74) is 3.01. The van der Waals surface area contributed by atoms with Gasteiger partial charge in [0.15, 0.2) is 11.5 Å². The Labute approximate surface area is 145 Å². The van der Waals surface area contributed by atoms with Gasteiger partial charge in [-0.15, -0.1) is 0 Å². The van der Waals surface area contributed by atoms with E-state index in [0.717, 1.165) is 16.8 Å². The summed E-state index contributed by atoms with van der Waals surface area (Å²) >= 11 is 0. The molecule has 2 N–H and O–H groups in total. The van der Waals surface area contributed by atoms with Gasteiger partial charge in [-0.05, 0) is 36.3 Å². The Balaban J connectivity index is 1.80. The van der Waals surface area contributed by atoms with Crippen LogP contribution < -0.4 is 10.1 Å². The number of anilines is 1. The van der Waals surface area contributed by atoms with Gasteiger partial charge < -0.3 is 15.2 Å². The molecule has 4 rings (SSSR count). The first-order valence-corrected chi connectivity index (χ1v) is 8.15. The number of allylic oxidation sites excluding steroid dienone is 1. The van der Waals surface area contributed by atoms with Crippen molar-refractivity contribution in [3.8, 4) is 11.5 Å². The number of phenols is 1. The van der Waals surface area contributed by atoms with E-state index in [1.165, 1.54) is 6.33 Å². The van der Waals surface area contributed by atoms with Crippen molar-refractivity contribution in [3.63, 3.8) is 0 Å². The first-order chi connectivity index (χ1) is 12.3. The van der Waals surface area contributed by atoms with Crippen molar-refractivity contribution in [1.29, 1.82) is 0 Å². The highest BCUT2D eigenvalue weighted by molar-refractivity contribution is 5.77. The van der Waals surface area contributed by atoms with Crippen molar-refractivity contribution in [2.75, 3.05) is 11.9 Å². The summed E-state index contributed by atoms with van der Waals surface area (Å²) in [5, 5.41) is 17.6. The lowest BCUT2D eigenvalue weighted by atomic mass is 10.0. The number of benzene rings is 2. The van der Waals surface area contributed by atoms with Crippen LogP contribution in [0, 0.1) is 0 Å². The molecule has 6 nitrogen and oxygen atoms in total. The van der Waals surface area contributed by atoms with E-state index in [2.05, 4.69) is 21.5 Å². The van der Waals surface area contributed by atoms with Crippen molar-refractivity contribution in [2.24, 2.45) is 0 Å². The normalized spacial score (nSPS) is 15.9. The van der Waals surface area contributed by atoms with Crippen LogP contribution in [0.5, 0.6) is 11.5 Å². The lowest BCUT2D eigenvalue weighted by Crippen LogP contribution is -2.20. The monoisotopic (exact) mass is 334 g/mol. The number of rotatable bonds is 4.